The molecule has 0 aromatic carbocycles. The molecule has 1 fully saturated rings. The molecule has 1 amide bonds. The number of hydrogen-bond acceptors (Lipinski definition) is 7. The zero-order valence-electron chi connectivity index (χ0n) is 15.0. The second-order valence-electron chi connectivity index (χ2n) is 6.73. The van der Waals surface area contributed by atoms with Crippen molar-refractivity contribution in [2.45, 2.75) is 25.7 Å². The number of carbonyl (C=O) groups is 1. The number of aliphatic hydroxyl groups excluding tert-OH is 1. The Labute approximate surface area is 160 Å². The molecule has 3 atom stereocenters. The Balaban J connectivity index is 1.85. The zero-order valence-corrected chi connectivity index (χ0v) is 15.9. The van der Waals surface area contributed by atoms with E-state index in [1.165, 1.54) is 17.7 Å². The van der Waals surface area contributed by atoms with Gasteiger partial charge in [0, 0.05) is 35.0 Å². The van der Waals surface area contributed by atoms with Crippen LogP contribution in [0.5, 0.6) is 0 Å². The van der Waals surface area contributed by atoms with Crippen molar-refractivity contribution < 1.29 is 14.6 Å². The Kier molecular flexibility index (Phi) is 4.58. The number of nitrogens with one attached hydrogen (secondary N) is 1. The quantitative estimate of drug-likeness (QED) is 0.631. The largest absolute Gasteiger partial charge is 0.394 e. The van der Waals surface area contributed by atoms with E-state index in [9.17, 15) is 9.90 Å². The summed E-state index contributed by atoms with van der Waals surface area (Å²) in [5.41, 5.74) is 8.31. The Hall–Kier alpha value is -2.49. The van der Waals surface area contributed by atoms with Crippen LogP contribution in [0.3, 0.4) is 0 Å². The lowest BCUT2D eigenvalue weighted by Gasteiger charge is -2.18. The van der Waals surface area contributed by atoms with Crippen LogP contribution in [0.2, 0.25) is 0 Å². The van der Waals surface area contributed by atoms with Gasteiger partial charge >= 0.3 is 0 Å². The summed E-state index contributed by atoms with van der Waals surface area (Å²) in [6.45, 7) is 2.08. The third-order valence-corrected chi connectivity index (χ3v) is 5.89. The smallest absolute Gasteiger partial charge is 0.251 e. The topological polar surface area (TPSA) is 115 Å². The van der Waals surface area contributed by atoms with Crippen molar-refractivity contribution in [3.05, 3.63) is 29.5 Å². The number of nitrogens with zero attached hydrogens (tertiary/aromatic N) is 3. The molecule has 0 radical (unpaired) electrons. The van der Waals surface area contributed by atoms with Crippen LogP contribution < -0.4 is 11.1 Å². The van der Waals surface area contributed by atoms with Crippen LogP contribution in [-0.4, -0.2) is 45.3 Å². The van der Waals surface area contributed by atoms with Gasteiger partial charge in [-0.2, -0.15) is 0 Å². The van der Waals surface area contributed by atoms with Crippen molar-refractivity contribution in [2.24, 2.45) is 5.92 Å². The van der Waals surface area contributed by atoms with Gasteiger partial charge in [0.15, 0.2) is 0 Å². The number of amides is 1. The number of ether oxygens (including phenoxy) is 1. The first-order valence-electron chi connectivity index (χ1n) is 8.71. The number of carbonyl (C=O) groups excluding carboxylic acids is 1. The van der Waals surface area contributed by atoms with Gasteiger partial charge in [-0.3, -0.25) is 4.79 Å². The molecule has 9 heteroatoms. The minimum atomic E-state index is -0.244. The number of nitrogen functional groups attached to an aromatic ring is 1. The highest BCUT2D eigenvalue weighted by molar-refractivity contribution is 7.14. The summed E-state index contributed by atoms with van der Waals surface area (Å²) in [4.78, 5) is 21.4. The highest BCUT2D eigenvalue weighted by atomic mass is 32.1. The van der Waals surface area contributed by atoms with Crippen molar-refractivity contribution in [1.29, 1.82) is 0 Å². The third kappa shape index (κ3) is 2.97. The first-order chi connectivity index (χ1) is 13.0. The number of aliphatic hydroxyl groups is 1. The van der Waals surface area contributed by atoms with E-state index in [0.29, 0.717) is 17.0 Å². The van der Waals surface area contributed by atoms with Crippen LogP contribution >= 0.6 is 11.3 Å². The van der Waals surface area contributed by atoms with E-state index >= 15 is 0 Å². The van der Waals surface area contributed by atoms with Crippen LogP contribution in [-0.2, 0) is 4.74 Å². The number of anilines is 1. The molecule has 1 aliphatic rings. The standard InChI is InChI=1S/C18H21N5O3S/c1-9-3-11(6-24)26-18(9)23-5-12(14-15(19)21-8-22-16(14)23)13-4-10(7-27-13)17(25)20-2/h4-5,7-9,11,18,24H,3,6H2,1-2H3,(H,20,25)(H2,19,21,22). The number of hydrogen-bond donors (Lipinski definition) is 3. The molecule has 0 aliphatic carbocycles. The van der Waals surface area contributed by atoms with E-state index in [4.69, 9.17) is 10.5 Å². The second kappa shape index (κ2) is 6.91. The van der Waals surface area contributed by atoms with Crippen molar-refractivity contribution in [3.8, 4) is 10.4 Å². The van der Waals surface area contributed by atoms with Crippen LogP contribution in [0.15, 0.2) is 24.0 Å². The van der Waals surface area contributed by atoms with Gasteiger partial charge in [0.25, 0.3) is 5.91 Å². The van der Waals surface area contributed by atoms with E-state index < -0.39 is 0 Å². The molecular formula is C18H21N5O3S. The predicted octanol–water partition coefficient (Wildman–Crippen LogP) is 2.02. The normalized spacial score (nSPS) is 22.4. The summed E-state index contributed by atoms with van der Waals surface area (Å²) in [5, 5.41) is 14.6. The monoisotopic (exact) mass is 387 g/mol. The maximum atomic E-state index is 11.9. The second-order valence-corrected chi connectivity index (χ2v) is 7.64. The van der Waals surface area contributed by atoms with Crippen molar-refractivity contribution in [3.63, 3.8) is 0 Å². The lowest BCUT2D eigenvalue weighted by atomic mass is 10.1. The highest BCUT2D eigenvalue weighted by Crippen LogP contribution is 2.41. The molecule has 1 saturated heterocycles. The van der Waals surface area contributed by atoms with Crippen LogP contribution in [0, 0.1) is 5.92 Å². The lowest BCUT2D eigenvalue weighted by Crippen LogP contribution is -2.16. The zero-order chi connectivity index (χ0) is 19.1. The molecule has 3 aromatic rings. The first kappa shape index (κ1) is 17.9. The molecule has 4 heterocycles. The van der Waals surface area contributed by atoms with Gasteiger partial charge in [0.1, 0.15) is 24.0 Å². The van der Waals surface area contributed by atoms with Gasteiger partial charge in [-0.05, 0) is 12.5 Å². The van der Waals surface area contributed by atoms with Gasteiger partial charge < -0.3 is 25.5 Å². The number of thiophene rings is 1. The van der Waals surface area contributed by atoms with E-state index in [-0.39, 0.29) is 30.8 Å². The van der Waals surface area contributed by atoms with Gasteiger partial charge in [-0.15, -0.1) is 11.3 Å². The SMILES string of the molecule is CNC(=O)c1csc(-c2cn(C3OC(CO)CC3C)c3ncnc(N)c23)c1. The molecule has 0 bridgehead atoms. The number of fused-ring (bicyclic) bond motifs is 1. The van der Waals surface area contributed by atoms with Gasteiger partial charge in [-0.25, -0.2) is 9.97 Å². The third-order valence-electron chi connectivity index (χ3n) is 4.92. The fourth-order valence-corrected chi connectivity index (χ4v) is 4.51. The van der Waals surface area contributed by atoms with Crippen molar-refractivity contribution >= 4 is 34.1 Å². The number of aromatic nitrogens is 3. The minimum absolute atomic E-state index is 0.00949. The summed E-state index contributed by atoms with van der Waals surface area (Å²) in [5.74, 6) is 0.462. The summed E-state index contributed by atoms with van der Waals surface area (Å²) in [7, 11) is 1.60. The lowest BCUT2D eigenvalue weighted by molar-refractivity contribution is -0.0291. The Bertz CT molecular complexity index is 998. The van der Waals surface area contributed by atoms with Gasteiger partial charge in [0.05, 0.1) is 23.7 Å². The maximum absolute atomic E-state index is 11.9. The predicted molar refractivity (Wildman–Crippen MR) is 103 cm³/mol. The Morgan fingerprint density at radius 1 is 1.52 bits per heavy atom. The number of rotatable bonds is 4. The highest BCUT2D eigenvalue weighted by Gasteiger charge is 2.34. The first-order valence-corrected chi connectivity index (χ1v) is 9.59. The fraction of sp³-hybridized carbons (Fsp3) is 0.389. The molecular weight excluding hydrogens is 366 g/mol. The molecule has 3 unspecified atom stereocenters. The molecule has 4 N–H and O–H groups in total. The van der Waals surface area contributed by atoms with Crippen LogP contribution in [0.1, 0.15) is 29.9 Å². The molecule has 3 aromatic heterocycles. The molecule has 1 aliphatic heterocycles. The average molecular weight is 387 g/mol. The Morgan fingerprint density at radius 3 is 3.04 bits per heavy atom. The number of nitrogens with two attached hydrogens (primary N) is 1. The molecule has 4 rings (SSSR count). The van der Waals surface area contributed by atoms with Crippen LogP contribution in [0.25, 0.3) is 21.5 Å². The fourth-order valence-electron chi connectivity index (χ4n) is 3.61. The van der Waals surface area contributed by atoms with E-state index in [1.54, 1.807) is 7.05 Å². The minimum Gasteiger partial charge on any atom is -0.394 e. The molecule has 0 spiro atoms. The van der Waals surface area contributed by atoms with E-state index in [0.717, 1.165) is 22.2 Å². The van der Waals surface area contributed by atoms with Gasteiger partial charge in [-0.1, -0.05) is 6.92 Å². The summed E-state index contributed by atoms with van der Waals surface area (Å²) < 4.78 is 7.98. The summed E-state index contributed by atoms with van der Waals surface area (Å²) >= 11 is 1.47. The van der Waals surface area contributed by atoms with E-state index in [2.05, 4.69) is 22.2 Å². The molecule has 142 valence electrons. The van der Waals surface area contributed by atoms with Crippen molar-refractivity contribution in [2.75, 3.05) is 19.4 Å². The summed E-state index contributed by atoms with van der Waals surface area (Å²) in [6, 6.07) is 1.84. The van der Waals surface area contributed by atoms with Gasteiger partial charge in [0.2, 0.25) is 0 Å². The molecule has 27 heavy (non-hydrogen) atoms. The molecule has 8 nitrogen and oxygen atoms in total. The van der Waals surface area contributed by atoms with E-state index in [1.807, 2.05) is 22.2 Å². The summed E-state index contributed by atoms with van der Waals surface area (Å²) in [6.07, 6.45) is 3.73. The van der Waals surface area contributed by atoms with Crippen LogP contribution in [0.4, 0.5) is 5.82 Å². The maximum Gasteiger partial charge on any atom is 0.251 e. The van der Waals surface area contributed by atoms with Crippen molar-refractivity contribution in [1.82, 2.24) is 19.9 Å². The Morgan fingerprint density at radius 2 is 2.33 bits per heavy atom. The average Bonchev–Trinajstić information content (AvgIpc) is 3.37. The molecule has 0 saturated carbocycles.